The number of aliphatic imine (C=N–C) groups is 1. The van der Waals surface area contributed by atoms with E-state index in [1.807, 2.05) is 32.0 Å². The molecule has 4 N–H and O–H groups in total. The third kappa shape index (κ3) is 5.06. The Balaban J connectivity index is 1.70. The number of nitrogens with zero attached hydrogens (tertiary/aromatic N) is 3. The molecule has 0 aliphatic heterocycles. The highest BCUT2D eigenvalue weighted by molar-refractivity contribution is 5.96. The number of aromatic nitrogens is 2. The quantitative estimate of drug-likeness (QED) is 0.565. The SMILES string of the molecule is CCOc1ccc2nc(/N=C(\N)NC(=O)NC3CCCCC3)nc(C)c2c1. The van der Waals surface area contributed by atoms with Gasteiger partial charge < -0.3 is 15.8 Å². The number of hydrogen-bond donors (Lipinski definition) is 3. The van der Waals surface area contributed by atoms with E-state index in [9.17, 15) is 4.79 Å². The average molecular weight is 370 g/mol. The second kappa shape index (κ2) is 8.66. The average Bonchev–Trinajstić information content (AvgIpc) is 2.63. The number of guanidine groups is 1. The molecule has 1 saturated carbocycles. The van der Waals surface area contributed by atoms with Gasteiger partial charge in [0.1, 0.15) is 5.75 Å². The number of ether oxygens (including phenoxy) is 1. The van der Waals surface area contributed by atoms with Crippen LogP contribution in [0.25, 0.3) is 10.9 Å². The molecule has 1 aliphatic carbocycles. The smallest absolute Gasteiger partial charge is 0.321 e. The lowest BCUT2D eigenvalue weighted by Gasteiger charge is -2.22. The molecule has 0 saturated heterocycles. The second-order valence-corrected chi connectivity index (χ2v) is 6.65. The summed E-state index contributed by atoms with van der Waals surface area (Å²) in [5, 5.41) is 6.37. The molecular formula is C19H26N6O2. The zero-order valence-corrected chi connectivity index (χ0v) is 15.8. The minimum absolute atomic E-state index is 0.0343. The predicted octanol–water partition coefficient (Wildman–Crippen LogP) is 2.92. The summed E-state index contributed by atoms with van der Waals surface area (Å²) in [4.78, 5) is 24.9. The van der Waals surface area contributed by atoms with Crippen LogP contribution in [0.1, 0.15) is 44.7 Å². The number of nitrogens with two attached hydrogens (primary N) is 1. The van der Waals surface area contributed by atoms with Crippen molar-refractivity contribution in [1.82, 2.24) is 20.6 Å². The Morgan fingerprint density at radius 2 is 2.07 bits per heavy atom. The Bertz CT molecular complexity index is 845. The van der Waals surface area contributed by atoms with Crippen molar-refractivity contribution in [2.75, 3.05) is 6.61 Å². The summed E-state index contributed by atoms with van der Waals surface area (Å²) >= 11 is 0. The van der Waals surface area contributed by atoms with Gasteiger partial charge in [-0.15, -0.1) is 0 Å². The topological polar surface area (TPSA) is 115 Å². The lowest BCUT2D eigenvalue weighted by atomic mass is 9.96. The van der Waals surface area contributed by atoms with Crippen LogP contribution in [0.5, 0.6) is 5.75 Å². The Hall–Kier alpha value is -2.90. The highest BCUT2D eigenvalue weighted by Gasteiger charge is 2.16. The number of carbonyl (C=O) groups is 1. The molecule has 0 radical (unpaired) electrons. The molecule has 144 valence electrons. The molecule has 8 heteroatoms. The standard InChI is InChI=1S/C19H26N6O2/c1-3-27-14-9-10-16-15(11-14)12(2)21-18(23-16)24-17(20)25-19(26)22-13-7-5-4-6-8-13/h9-11,13H,3-8H2,1-2H3,(H4,20,21,22,23,24,25,26). The molecule has 0 unspecified atom stereocenters. The van der Waals surface area contributed by atoms with Crippen molar-refractivity contribution >= 4 is 28.8 Å². The number of nitrogens with one attached hydrogen (secondary N) is 2. The molecule has 8 nitrogen and oxygen atoms in total. The lowest BCUT2D eigenvalue weighted by Crippen LogP contribution is -2.47. The summed E-state index contributed by atoms with van der Waals surface area (Å²) in [7, 11) is 0. The van der Waals surface area contributed by atoms with Crippen molar-refractivity contribution in [3.8, 4) is 5.75 Å². The number of rotatable bonds is 4. The maximum atomic E-state index is 12.1. The fourth-order valence-corrected chi connectivity index (χ4v) is 3.27. The molecular weight excluding hydrogens is 344 g/mol. The number of hydrogen-bond acceptors (Lipinski definition) is 5. The number of carbonyl (C=O) groups excluding carboxylic acids is 1. The largest absolute Gasteiger partial charge is 0.494 e. The van der Waals surface area contributed by atoms with Crippen LogP contribution < -0.4 is 21.1 Å². The number of aryl methyl sites for hydroxylation is 1. The van der Waals surface area contributed by atoms with Crippen LogP contribution in [0.2, 0.25) is 0 Å². The molecule has 3 rings (SSSR count). The first kappa shape index (κ1) is 18.9. The fourth-order valence-electron chi connectivity index (χ4n) is 3.27. The van der Waals surface area contributed by atoms with E-state index in [4.69, 9.17) is 10.5 Å². The summed E-state index contributed by atoms with van der Waals surface area (Å²) < 4.78 is 5.51. The third-order valence-corrected chi connectivity index (χ3v) is 4.56. The number of urea groups is 1. The van der Waals surface area contributed by atoms with Crippen LogP contribution >= 0.6 is 0 Å². The van der Waals surface area contributed by atoms with E-state index in [2.05, 4.69) is 25.6 Å². The van der Waals surface area contributed by atoms with Crippen LogP contribution in [-0.2, 0) is 0 Å². The highest BCUT2D eigenvalue weighted by atomic mass is 16.5. The Morgan fingerprint density at radius 1 is 1.30 bits per heavy atom. The number of benzene rings is 1. The van der Waals surface area contributed by atoms with Crippen molar-refractivity contribution in [3.63, 3.8) is 0 Å². The van der Waals surface area contributed by atoms with E-state index in [0.29, 0.717) is 6.61 Å². The summed E-state index contributed by atoms with van der Waals surface area (Å²) in [5.41, 5.74) is 7.35. The van der Waals surface area contributed by atoms with Crippen molar-refractivity contribution in [1.29, 1.82) is 0 Å². The summed E-state index contributed by atoms with van der Waals surface area (Å²) in [5.74, 6) is 0.945. The molecule has 0 atom stereocenters. The fraction of sp³-hybridized carbons (Fsp3) is 0.474. The van der Waals surface area contributed by atoms with Gasteiger partial charge in [0.15, 0.2) is 0 Å². The van der Waals surface area contributed by atoms with Gasteiger partial charge in [0.05, 0.1) is 17.8 Å². The van der Waals surface area contributed by atoms with Gasteiger partial charge in [0.2, 0.25) is 5.96 Å². The molecule has 1 aromatic heterocycles. The molecule has 1 fully saturated rings. The molecule has 2 amide bonds. The molecule has 0 spiro atoms. The van der Waals surface area contributed by atoms with Crippen molar-refractivity contribution in [2.24, 2.45) is 10.7 Å². The minimum atomic E-state index is -0.345. The predicted molar refractivity (Wildman–Crippen MR) is 105 cm³/mol. The Kier molecular flexibility index (Phi) is 6.05. The van der Waals surface area contributed by atoms with Crippen molar-refractivity contribution < 1.29 is 9.53 Å². The first-order chi connectivity index (χ1) is 13.0. The van der Waals surface area contributed by atoms with Gasteiger partial charge in [0, 0.05) is 11.4 Å². The molecule has 2 aromatic rings. The first-order valence-corrected chi connectivity index (χ1v) is 9.38. The van der Waals surface area contributed by atoms with E-state index < -0.39 is 0 Å². The van der Waals surface area contributed by atoms with Gasteiger partial charge in [-0.25, -0.2) is 14.8 Å². The highest BCUT2D eigenvalue weighted by Crippen LogP contribution is 2.23. The van der Waals surface area contributed by atoms with Crippen LogP contribution in [0.3, 0.4) is 0 Å². The summed E-state index contributed by atoms with van der Waals surface area (Å²) in [6, 6.07) is 5.46. The minimum Gasteiger partial charge on any atom is -0.494 e. The van der Waals surface area contributed by atoms with Gasteiger partial charge >= 0.3 is 6.03 Å². The molecule has 0 bridgehead atoms. The van der Waals surface area contributed by atoms with E-state index in [-0.39, 0.29) is 24.0 Å². The third-order valence-electron chi connectivity index (χ3n) is 4.56. The van der Waals surface area contributed by atoms with Crippen molar-refractivity contribution in [2.45, 2.75) is 52.0 Å². The van der Waals surface area contributed by atoms with Crippen molar-refractivity contribution in [3.05, 3.63) is 23.9 Å². The van der Waals surface area contributed by atoms with Gasteiger partial charge in [-0.1, -0.05) is 19.3 Å². The van der Waals surface area contributed by atoms with E-state index in [0.717, 1.165) is 48.0 Å². The van der Waals surface area contributed by atoms with E-state index in [1.54, 1.807) is 0 Å². The molecule has 27 heavy (non-hydrogen) atoms. The van der Waals surface area contributed by atoms with Crippen LogP contribution in [0, 0.1) is 6.92 Å². The second-order valence-electron chi connectivity index (χ2n) is 6.65. The van der Waals surface area contributed by atoms with Gasteiger partial charge in [-0.2, -0.15) is 4.99 Å². The van der Waals surface area contributed by atoms with Gasteiger partial charge in [-0.05, 0) is 44.9 Å². The van der Waals surface area contributed by atoms with Crippen LogP contribution in [-0.4, -0.2) is 34.6 Å². The maximum Gasteiger partial charge on any atom is 0.321 e. The zero-order valence-electron chi connectivity index (χ0n) is 15.8. The Labute approximate surface area is 158 Å². The van der Waals surface area contributed by atoms with Crippen LogP contribution in [0.4, 0.5) is 10.7 Å². The van der Waals surface area contributed by atoms with E-state index >= 15 is 0 Å². The maximum absolute atomic E-state index is 12.1. The molecule has 1 aromatic carbocycles. The monoisotopic (exact) mass is 370 g/mol. The molecule has 1 heterocycles. The first-order valence-electron chi connectivity index (χ1n) is 9.38. The van der Waals surface area contributed by atoms with Crippen LogP contribution in [0.15, 0.2) is 23.2 Å². The summed E-state index contributed by atoms with van der Waals surface area (Å²) in [6.07, 6.45) is 5.52. The zero-order chi connectivity index (χ0) is 19.2. The lowest BCUT2D eigenvalue weighted by molar-refractivity contribution is 0.237. The van der Waals surface area contributed by atoms with Gasteiger partial charge in [0.25, 0.3) is 5.95 Å². The Morgan fingerprint density at radius 3 is 2.81 bits per heavy atom. The van der Waals surface area contributed by atoms with E-state index in [1.165, 1.54) is 6.42 Å². The number of amides is 2. The number of fused-ring (bicyclic) bond motifs is 1. The summed E-state index contributed by atoms with van der Waals surface area (Å²) in [6.45, 7) is 4.41. The van der Waals surface area contributed by atoms with Gasteiger partial charge in [-0.3, -0.25) is 5.32 Å². The molecule has 1 aliphatic rings. The normalized spacial score (nSPS) is 15.6.